The van der Waals surface area contributed by atoms with Gasteiger partial charge in [-0.15, -0.1) is 21.5 Å². The molecule has 0 radical (unpaired) electrons. The molecule has 0 amide bonds. The van der Waals surface area contributed by atoms with Crippen LogP contribution in [0.1, 0.15) is 12.7 Å². The minimum Gasteiger partial charge on any atom is -0.494 e. The van der Waals surface area contributed by atoms with Crippen LogP contribution in [-0.2, 0) is 13.6 Å². The molecule has 0 atom stereocenters. The Balaban J connectivity index is 1.72. The van der Waals surface area contributed by atoms with Gasteiger partial charge >= 0.3 is 0 Å². The molecule has 1 aromatic carbocycles. The topological polar surface area (TPSA) is 64.7 Å². The lowest BCUT2D eigenvalue weighted by atomic mass is 10.3. The van der Waals surface area contributed by atoms with Crippen molar-refractivity contribution in [2.24, 2.45) is 7.05 Å². The number of benzene rings is 1. The molecule has 3 aromatic heterocycles. The molecule has 7 nitrogen and oxygen atoms in total. The van der Waals surface area contributed by atoms with Gasteiger partial charge in [0.25, 0.3) is 5.56 Å². The molecule has 0 saturated carbocycles. The number of aryl methyl sites for hydroxylation is 1. The Hall–Kier alpha value is -2.87. The van der Waals surface area contributed by atoms with Gasteiger partial charge in [-0.25, -0.2) is 0 Å². The largest absolute Gasteiger partial charge is 0.494 e. The van der Waals surface area contributed by atoms with Gasteiger partial charge in [0.1, 0.15) is 10.4 Å². The molecule has 0 aliphatic rings. The first-order chi connectivity index (χ1) is 12.6. The normalized spacial score (nSPS) is 11.3. The molecule has 4 aromatic rings. The molecule has 8 heteroatoms. The van der Waals surface area contributed by atoms with Crippen LogP contribution < -0.4 is 15.2 Å². The van der Waals surface area contributed by atoms with Crippen LogP contribution in [0.3, 0.4) is 0 Å². The van der Waals surface area contributed by atoms with Crippen molar-refractivity contribution in [1.82, 2.24) is 19.2 Å². The predicted molar refractivity (Wildman–Crippen MR) is 103 cm³/mol. The Bertz CT molecular complexity index is 1130. The van der Waals surface area contributed by atoms with E-state index in [1.165, 1.54) is 11.3 Å². The molecule has 0 fully saturated rings. The van der Waals surface area contributed by atoms with Gasteiger partial charge in [0.05, 0.1) is 18.7 Å². The fraction of sp³-hybridized carbons (Fsp3) is 0.278. The standard InChI is InChI=1S/C18H19N5O2S/c1-4-25-13-7-5-12(6-8-13)21(2)11-15-19-20-18-22(3)17(24)16-14(23(15)18)9-10-26-16/h5-10H,4,11H2,1-3H3. The molecule has 0 unspecified atom stereocenters. The van der Waals surface area contributed by atoms with Crippen molar-refractivity contribution < 1.29 is 4.74 Å². The summed E-state index contributed by atoms with van der Waals surface area (Å²) in [7, 11) is 3.73. The average molecular weight is 369 g/mol. The smallest absolute Gasteiger partial charge is 0.272 e. The zero-order valence-electron chi connectivity index (χ0n) is 14.8. The third-order valence-corrected chi connectivity index (χ3v) is 5.26. The number of ether oxygens (including phenoxy) is 1. The third-order valence-electron chi connectivity index (χ3n) is 4.36. The highest BCUT2D eigenvalue weighted by Crippen LogP contribution is 2.22. The molecule has 3 heterocycles. The maximum absolute atomic E-state index is 12.4. The minimum absolute atomic E-state index is 0.0404. The summed E-state index contributed by atoms with van der Waals surface area (Å²) < 4.78 is 9.71. The molecule has 0 bridgehead atoms. The molecule has 0 N–H and O–H groups in total. The van der Waals surface area contributed by atoms with E-state index in [1.54, 1.807) is 11.6 Å². The van der Waals surface area contributed by atoms with Crippen LogP contribution >= 0.6 is 11.3 Å². The Morgan fingerprint density at radius 2 is 1.96 bits per heavy atom. The van der Waals surface area contributed by atoms with E-state index in [1.807, 2.05) is 54.1 Å². The summed E-state index contributed by atoms with van der Waals surface area (Å²) in [4.78, 5) is 14.5. The highest BCUT2D eigenvalue weighted by molar-refractivity contribution is 7.17. The van der Waals surface area contributed by atoms with Crippen LogP contribution in [0.25, 0.3) is 16.0 Å². The molecule has 0 aliphatic carbocycles. The lowest BCUT2D eigenvalue weighted by Gasteiger charge is -2.18. The van der Waals surface area contributed by atoms with Gasteiger partial charge in [-0.1, -0.05) is 0 Å². The molecule has 0 aliphatic heterocycles. The summed E-state index contributed by atoms with van der Waals surface area (Å²) in [5, 5.41) is 10.5. The van der Waals surface area contributed by atoms with E-state index >= 15 is 0 Å². The van der Waals surface area contributed by atoms with Gasteiger partial charge in [-0.05, 0) is 42.6 Å². The van der Waals surface area contributed by atoms with E-state index in [-0.39, 0.29) is 5.56 Å². The van der Waals surface area contributed by atoms with Crippen molar-refractivity contribution >= 4 is 33.0 Å². The van der Waals surface area contributed by atoms with E-state index in [0.29, 0.717) is 23.6 Å². The second kappa shape index (κ2) is 6.45. The average Bonchev–Trinajstić information content (AvgIpc) is 3.27. The van der Waals surface area contributed by atoms with Crippen molar-refractivity contribution in [3.8, 4) is 5.75 Å². The molecule has 0 saturated heterocycles. The monoisotopic (exact) mass is 369 g/mol. The minimum atomic E-state index is -0.0404. The maximum Gasteiger partial charge on any atom is 0.272 e. The number of fused-ring (bicyclic) bond motifs is 3. The number of nitrogens with zero attached hydrogens (tertiary/aromatic N) is 5. The van der Waals surface area contributed by atoms with Crippen molar-refractivity contribution in [3.05, 3.63) is 51.9 Å². The van der Waals surface area contributed by atoms with Crippen molar-refractivity contribution in [3.63, 3.8) is 0 Å². The van der Waals surface area contributed by atoms with Crippen LogP contribution in [0.5, 0.6) is 5.75 Å². The first-order valence-corrected chi connectivity index (χ1v) is 9.22. The number of hydrogen-bond donors (Lipinski definition) is 0. The fourth-order valence-electron chi connectivity index (χ4n) is 3.02. The zero-order chi connectivity index (χ0) is 18.3. The molecule has 134 valence electrons. The lowest BCUT2D eigenvalue weighted by molar-refractivity contribution is 0.340. The Kier molecular flexibility index (Phi) is 4.12. The number of hydrogen-bond acceptors (Lipinski definition) is 6. The quantitative estimate of drug-likeness (QED) is 0.541. The van der Waals surface area contributed by atoms with Crippen LogP contribution in [0.15, 0.2) is 40.5 Å². The van der Waals surface area contributed by atoms with Gasteiger partial charge in [-0.2, -0.15) is 0 Å². The van der Waals surface area contributed by atoms with Gasteiger partial charge in [0.2, 0.25) is 5.78 Å². The first-order valence-electron chi connectivity index (χ1n) is 8.34. The predicted octanol–water partition coefficient (Wildman–Crippen LogP) is 2.68. The second-order valence-corrected chi connectivity index (χ2v) is 6.95. The van der Waals surface area contributed by atoms with E-state index in [9.17, 15) is 4.79 Å². The van der Waals surface area contributed by atoms with Gasteiger partial charge in [-0.3, -0.25) is 13.8 Å². The fourth-order valence-corrected chi connectivity index (χ4v) is 3.87. The summed E-state index contributed by atoms with van der Waals surface area (Å²) in [5.41, 5.74) is 1.87. The molecular weight excluding hydrogens is 350 g/mol. The van der Waals surface area contributed by atoms with Gasteiger partial charge < -0.3 is 9.64 Å². The third kappa shape index (κ3) is 2.62. The summed E-state index contributed by atoms with van der Waals surface area (Å²) in [5.74, 6) is 2.19. The SMILES string of the molecule is CCOc1ccc(N(C)Cc2nnc3n(C)c(=O)c4sccc4n23)cc1. The molecule has 0 spiro atoms. The van der Waals surface area contributed by atoms with Gasteiger partial charge in [0.15, 0.2) is 5.82 Å². The second-order valence-electron chi connectivity index (χ2n) is 6.03. The van der Waals surface area contributed by atoms with E-state index in [2.05, 4.69) is 15.1 Å². The number of aromatic nitrogens is 4. The molecular formula is C18H19N5O2S. The van der Waals surface area contributed by atoms with Crippen LogP contribution in [0, 0.1) is 0 Å². The maximum atomic E-state index is 12.4. The van der Waals surface area contributed by atoms with Crippen LogP contribution in [0.2, 0.25) is 0 Å². The summed E-state index contributed by atoms with van der Waals surface area (Å²) >= 11 is 1.44. The zero-order valence-corrected chi connectivity index (χ0v) is 15.7. The summed E-state index contributed by atoms with van der Waals surface area (Å²) in [6, 6.07) is 9.89. The first kappa shape index (κ1) is 16.6. The van der Waals surface area contributed by atoms with Crippen LogP contribution in [-0.4, -0.2) is 32.8 Å². The van der Waals surface area contributed by atoms with Crippen LogP contribution in [0.4, 0.5) is 5.69 Å². The highest BCUT2D eigenvalue weighted by Gasteiger charge is 2.16. The summed E-state index contributed by atoms with van der Waals surface area (Å²) in [6.45, 7) is 3.18. The van der Waals surface area contributed by atoms with E-state index < -0.39 is 0 Å². The Labute approximate surface area is 154 Å². The van der Waals surface area contributed by atoms with Crippen molar-refractivity contribution in [1.29, 1.82) is 0 Å². The molecule has 26 heavy (non-hydrogen) atoms. The van der Waals surface area contributed by atoms with E-state index in [4.69, 9.17) is 4.74 Å². The molecule has 4 rings (SSSR count). The van der Waals surface area contributed by atoms with E-state index in [0.717, 1.165) is 22.8 Å². The number of anilines is 1. The highest BCUT2D eigenvalue weighted by atomic mass is 32.1. The number of thiophene rings is 1. The van der Waals surface area contributed by atoms with Crippen molar-refractivity contribution in [2.75, 3.05) is 18.6 Å². The van der Waals surface area contributed by atoms with Crippen molar-refractivity contribution in [2.45, 2.75) is 13.5 Å². The van der Waals surface area contributed by atoms with Gasteiger partial charge in [0, 0.05) is 19.8 Å². The Morgan fingerprint density at radius 1 is 1.19 bits per heavy atom. The lowest BCUT2D eigenvalue weighted by Crippen LogP contribution is -2.21. The Morgan fingerprint density at radius 3 is 2.69 bits per heavy atom. The summed E-state index contributed by atoms with van der Waals surface area (Å²) in [6.07, 6.45) is 0. The number of rotatable bonds is 5.